The Morgan fingerprint density at radius 2 is 1.84 bits per heavy atom. The van der Waals surface area contributed by atoms with Crippen molar-refractivity contribution in [2.75, 3.05) is 18.4 Å². The molecule has 170 valence electrons. The molecule has 0 saturated carbocycles. The minimum atomic E-state index is -0.366. The average molecular weight is 474 g/mol. The van der Waals surface area contributed by atoms with Gasteiger partial charge in [-0.25, -0.2) is 0 Å². The SMILES string of the molecule is CC(NC(=O)CN1CCCC1C(=O)Nc1cc(Cl)ccc1Cl)c1ccc2c(c1)CCCC2. The summed E-state index contributed by atoms with van der Waals surface area (Å²) >= 11 is 12.2. The van der Waals surface area contributed by atoms with Crippen molar-refractivity contribution in [1.82, 2.24) is 10.2 Å². The van der Waals surface area contributed by atoms with Gasteiger partial charge >= 0.3 is 0 Å². The van der Waals surface area contributed by atoms with E-state index in [1.54, 1.807) is 18.2 Å². The van der Waals surface area contributed by atoms with E-state index in [0.29, 0.717) is 28.7 Å². The van der Waals surface area contributed by atoms with Crippen molar-refractivity contribution in [1.29, 1.82) is 0 Å². The lowest BCUT2D eigenvalue weighted by Gasteiger charge is -2.25. The van der Waals surface area contributed by atoms with E-state index in [0.717, 1.165) is 24.8 Å². The highest BCUT2D eigenvalue weighted by Gasteiger charge is 2.32. The Labute approximate surface area is 199 Å². The molecule has 2 aromatic rings. The molecule has 2 N–H and O–H groups in total. The normalized spacial score (nSPS) is 19.3. The van der Waals surface area contributed by atoms with Crippen LogP contribution in [0.3, 0.4) is 0 Å². The second-order valence-corrected chi connectivity index (χ2v) is 9.61. The lowest BCUT2D eigenvalue weighted by atomic mass is 9.89. The molecule has 0 radical (unpaired) electrons. The predicted molar refractivity (Wildman–Crippen MR) is 129 cm³/mol. The molecular formula is C25H29Cl2N3O2. The monoisotopic (exact) mass is 473 g/mol. The molecule has 1 heterocycles. The molecule has 2 amide bonds. The standard InChI is InChI=1S/C25H29Cl2N3O2/c1-16(18-9-8-17-5-2-3-6-19(17)13-18)28-24(31)15-30-12-4-7-23(30)25(32)29-22-14-20(26)10-11-21(22)27/h8-11,13-14,16,23H,2-7,12,15H2,1H3,(H,28,31)(H,29,32). The largest absolute Gasteiger partial charge is 0.348 e. The van der Waals surface area contributed by atoms with E-state index in [2.05, 4.69) is 28.8 Å². The number of likely N-dealkylation sites (tertiary alicyclic amines) is 1. The van der Waals surface area contributed by atoms with Crippen LogP contribution in [-0.4, -0.2) is 35.8 Å². The molecule has 1 fully saturated rings. The number of halogens is 2. The number of hydrogen-bond donors (Lipinski definition) is 2. The van der Waals surface area contributed by atoms with Crippen LogP contribution in [0.4, 0.5) is 5.69 Å². The fraction of sp³-hybridized carbons (Fsp3) is 0.440. The number of aryl methyl sites for hydroxylation is 2. The van der Waals surface area contributed by atoms with Crippen LogP contribution in [0.25, 0.3) is 0 Å². The van der Waals surface area contributed by atoms with E-state index in [4.69, 9.17) is 23.2 Å². The Hall–Kier alpha value is -2.08. The second kappa shape index (κ2) is 10.2. The second-order valence-electron chi connectivity index (χ2n) is 8.77. The summed E-state index contributed by atoms with van der Waals surface area (Å²) in [6.07, 6.45) is 6.33. The number of rotatable bonds is 6. The highest BCUT2D eigenvalue weighted by molar-refractivity contribution is 6.35. The van der Waals surface area contributed by atoms with Crippen LogP contribution in [0.5, 0.6) is 0 Å². The first kappa shape index (κ1) is 23.1. The first-order valence-electron chi connectivity index (χ1n) is 11.3. The maximum atomic E-state index is 12.9. The van der Waals surface area contributed by atoms with Crippen molar-refractivity contribution in [3.05, 3.63) is 63.1 Å². The molecule has 0 bridgehead atoms. The summed E-state index contributed by atoms with van der Waals surface area (Å²) in [6, 6.07) is 11.1. The molecular weight excluding hydrogens is 445 g/mol. The molecule has 7 heteroatoms. The Bertz CT molecular complexity index is 1010. The molecule has 0 spiro atoms. The van der Waals surface area contributed by atoms with Gasteiger partial charge in [0.2, 0.25) is 11.8 Å². The topological polar surface area (TPSA) is 61.4 Å². The van der Waals surface area contributed by atoms with Crippen LogP contribution in [-0.2, 0) is 22.4 Å². The Morgan fingerprint density at radius 3 is 2.66 bits per heavy atom. The molecule has 1 aliphatic carbocycles. The van der Waals surface area contributed by atoms with Crippen molar-refractivity contribution in [2.45, 2.75) is 57.5 Å². The zero-order chi connectivity index (χ0) is 22.7. The summed E-state index contributed by atoms with van der Waals surface area (Å²) in [5.74, 6) is -0.238. The van der Waals surface area contributed by atoms with E-state index < -0.39 is 0 Å². The molecule has 2 aliphatic rings. The van der Waals surface area contributed by atoms with Crippen LogP contribution >= 0.6 is 23.2 Å². The number of benzene rings is 2. The van der Waals surface area contributed by atoms with Gasteiger partial charge in [-0.05, 0) is 86.9 Å². The minimum absolute atomic E-state index is 0.0734. The summed E-state index contributed by atoms with van der Waals surface area (Å²) in [5.41, 5.74) is 4.46. The maximum Gasteiger partial charge on any atom is 0.241 e. The Balaban J connectivity index is 1.35. The lowest BCUT2D eigenvalue weighted by molar-refractivity contribution is -0.125. The Kier molecular flexibility index (Phi) is 7.39. The van der Waals surface area contributed by atoms with Crippen molar-refractivity contribution >= 4 is 40.7 Å². The number of nitrogens with zero attached hydrogens (tertiary/aromatic N) is 1. The van der Waals surface area contributed by atoms with Gasteiger partial charge in [-0.1, -0.05) is 41.4 Å². The van der Waals surface area contributed by atoms with E-state index in [9.17, 15) is 9.59 Å². The van der Waals surface area contributed by atoms with Crippen molar-refractivity contribution in [3.63, 3.8) is 0 Å². The number of fused-ring (bicyclic) bond motifs is 1. The van der Waals surface area contributed by atoms with Crippen LogP contribution in [0, 0.1) is 0 Å². The van der Waals surface area contributed by atoms with Gasteiger partial charge in [-0.3, -0.25) is 14.5 Å². The fourth-order valence-electron chi connectivity index (χ4n) is 4.70. The van der Waals surface area contributed by atoms with Crippen LogP contribution < -0.4 is 10.6 Å². The third kappa shape index (κ3) is 5.45. The van der Waals surface area contributed by atoms with Gasteiger partial charge in [-0.15, -0.1) is 0 Å². The fourth-order valence-corrected chi connectivity index (χ4v) is 5.04. The van der Waals surface area contributed by atoms with Crippen LogP contribution in [0.2, 0.25) is 10.0 Å². The molecule has 32 heavy (non-hydrogen) atoms. The first-order valence-corrected chi connectivity index (χ1v) is 12.1. The molecule has 1 saturated heterocycles. The molecule has 2 aromatic carbocycles. The maximum absolute atomic E-state index is 12.9. The number of carbonyl (C=O) groups is 2. The van der Waals surface area contributed by atoms with Gasteiger partial charge in [-0.2, -0.15) is 0 Å². The Morgan fingerprint density at radius 1 is 1.06 bits per heavy atom. The molecule has 5 nitrogen and oxygen atoms in total. The summed E-state index contributed by atoms with van der Waals surface area (Å²) < 4.78 is 0. The average Bonchev–Trinajstić information content (AvgIpc) is 3.24. The van der Waals surface area contributed by atoms with Gasteiger partial charge in [0.1, 0.15) is 0 Å². The molecule has 4 rings (SSSR count). The van der Waals surface area contributed by atoms with Crippen molar-refractivity contribution < 1.29 is 9.59 Å². The highest BCUT2D eigenvalue weighted by atomic mass is 35.5. The van der Waals surface area contributed by atoms with E-state index in [1.165, 1.54) is 24.0 Å². The van der Waals surface area contributed by atoms with Crippen molar-refractivity contribution in [3.8, 4) is 0 Å². The summed E-state index contributed by atoms with van der Waals surface area (Å²) in [5, 5.41) is 6.91. The molecule has 2 atom stereocenters. The molecule has 0 aromatic heterocycles. The minimum Gasteiger partial charge on any atom is -0.348 e. The summed E-state index contributed by atoms with van der Waals surface area (Å²) in [7, 11) is 0. The van der Waals surface area contributed by atoms with E-state index >= 15 is 0 Å². The van der Waals surface area contributed by atoms with Gasteiger partial charge in [0.05, 0.1) is 29.3 Å². The lowest BCUT2D eigenvalue weighted by Crippen LogP contribution is -2.45. The quantitative estimate of drug-likeness (QED) is 0.609. The van der Waals surface area contributed by atoms with Crippen molar-refractivity contribution in [2.24, 2.45) is 0 Å². The zero-order valence-corrected chi connectivity index (χ0v) is 19.8. The summed E-state index contributed by atoms with van der Waals surface area (Å²) in [6.45, 7) is 2.91. The summed E-state index contributed by atoms with van der Waals surface area (Å²) in [4.78, 5) is 27.6. The van der Waals surface area contributed by atoms with E-state index in [-0.39, 0.29) is 30.4 Å². The number of hydrogen-bond acceptors (Lipinski definition) is 3. The predicted octanol–water partition coefficient (Wildman–Crippen LogP) is 5.15. The van der Waals surface area contributed by atoms with Crippen LogP contribution in [0.15, 0.2) is 36.4 Å². The van der Waals surface area contributed by atoms with Gasteiger partial charge in [0.15, 0.2) is 0 Å². The first-order chi connectivity index (χ1) is 15.4. The number of anilines is 1. The third-order valence-electron chi connectivity index (χ3n) is 6.45. The smallest absolute Gasteiger partial charge is 0.241 e. The molecule has 1 aliphatic heterocycles. The van der Waals surface area contributed by atoms with E-state index in [1.807, 2.05) is 11.8 Å². The molecule has 2 unspecified atom stereocenters. The number of nitrogens with one attached hydrogen (secondary N) is 2. The third-order valence-corrected chi connectivity index (χ3v) is 7.01. The van der Waals surface area contributed by atoms with Gasteiger partial charge in [0.25, 0.3) is 0 Å². The zero-order valence-electron chi connectivity index (χ0n) is 18.3. The van der Waals surface area contributed by atoms with Crippen LogP contribution in [0.1, 0.15) is 55.3 Å². The van der Waals surface area contributed by atoms with Gasteiger partial charge < -0.3 is 10.6 Å². The number of carbonyl (C=O) groups excluding carboxylic acids is 2. The number of amides is 2. The van der Waals surface area contributed by atoms with Gasteiger partial charge in [0, 0.05) is 5.02 Å². The highest BCUT2D eigenvalue weighted by Crippen LogP contribution is 2.27.